The van der Waals surface area contributed by atoms with Crippen LogP contribution in [0, 0.1) is 19.8 Å². The Labute approximate surface area is 190 Å². The fourth-order valence-corrected chi connectivity index (χ4v) is 5.28. The second kappa shape index (κ2) is 9.83. The molecule has 3 rings (SSSR count). The van der Waals surface area contributed by atoms with Gasteiger partial charge in [-0.05, 0) is 56.0 Å². The molecule has 2 aromatic carbocycles. The van der Waals surface area contributed by atoms with Gasteiger partial charge in [-0.15, -0.1) is 0 Å². The summed E-state index contributed by atoms with van der Waals surface area (Å²) in [5.74, 6) is -0.678. The average molecular weight is 458 g/mol. The van der Waals surface area contributed by atoms with Crippen LogP contribution in [0.3, 0.4) is 0 Å². The van der Waals surface area contributed by atoms with Crippen LogP contribution in [-0.2, 0) is 31.9 Å². The van der Waals surface area contributed by atoms with Crippen molar-refractivity contribution in [2.24, 2.45) is 5.92 Å². The molecule has 1 saturated heterocycles. The van der Waals surface area contributed by atoms with Gasteiger partial charge in [0, 0.05) is 31.2 Å². The number of benzene rings is 2. The van der Waals surface area contributed by atoms with E-state index in [-0.39, 0.29) is 30.0 Å². The highest BCUT2D eigenvalue weighted by Gasteiger charge is 2.35. The van der Waals surface area contributed by atoms with Crippen molar-refractivity contribution in [3.05, 3.63) is 64.7 Å². The molecule has 172 valence electrons. The standard InChI is InChI=1S/C24H31N3O4S/c1-16(2)26-32(30,31)15-20-10-8-19(9-11-20)13-25-24(29)21-12-23(28)27(14-21)22-7-5-6-17(3)18(22)4/h5-11,16,21,26H,12-15H2,1-4H3,(H,25,29). The van der Waals surface area contributed by atoms with Crippen molar-refractivity contribution in [1.82, 2.24) is 10.0 Å². The first kappa shape index (κ1) is 23.9. The molecule has 0 radical (unpaired) electrons. The van der Waals surface area contributed by atoms with E-state index in [1.807, 2.05) is 44.2 Å². The third-order valence-electron chi connectivity index (χ3n) is 5.62. The number of amides is 2. The van der Waals surface area contributed by atoms with Crippen molar-refractivity contribution in [2.45, 2.75) is 52.5 Å². The number of nitrogens with zero attached hydrogens (tertiary/aromatic N) is 1. The Kier molecular flexibility index (Phi) is 7.36. The first-order valence-corrected chi connectivity index (χ1v) is 12.4. The number of sulfonamides is 1. The lowest BCUT2D eigenvalue weighted by molar-refractivity contribution is -0.126. The van der Waals surface area contributed by atoms with Gasteiger partial charge in [0.05, 0.1) is 11.7 Å². The lowest BCUT2D eigenvalue weighted by Gasteiger charge is -2.20. The Bertz CT molecular complexity index is 1090. The molecule has 0 bridgehead atoms. The minimum Gasteiger partial charge on any atom is -0.352 e. The number of hydrogen-bond donors (Lipinski definition) is 2. The number of nitrogens with one attached hydrogen (secondary N) is 2. The van der Waals surface area contributed by atoms with Crippen molar-refractivity contribution < 1.29 is 18.0 Å². The zero-order valence-electron chi connectivity index (χ0n) is 19.0. The van der Waals surface area contributed by atoms with E-state index in [1.54, 1.807) is 30.9 Å². The van der Waals surface area contributed by atoms with Gasteiger partial charge >= 0.3 is 0 Å². The third-order valence-corrected chi connectivity index (χ3v) is 7.17. The zero-order chi connectivity index (χ0) is 23.5. The second-order valence-electron chi connectivity index (χ2n) is 8.69. The average Bonchev–Trinajstić information content (AvgIpc) is 3.09. The van der Waals surface area contributed by atoms with E-state index >= 15 is 0 Å². The summed E-state index contributed by atoms with van der Waals surface area (Å²) in [6.07, 6.45) is 0.193. The number of hydrogen-bond acceptors (Lipinski definition) is 4. The smallest absolute Gasteiger partial charge is 0.227 e. The molecule has 0 spiro atoms. The molecule has 1 aliphatic rings. The van der Waals surface area contributed by atoms with Crippen molar-refractivity contribution in [3.63, 3.8) is 0 Å². The normalized spacial score (nSPS) is 16.6. The van der Waals surface area contributed by atoms with Crippen LogP contribution in [-0.4, -0.2) is 32.8 Å². The van der Waals surface area contributed by atoms with E-state index in [9.17, 15) is 18.0 Å². The molecule has 1 fully saturated rings. The first-order valence-electron chi connectivity index (χ1n) is 10.8. The Morgan fingerprint density at radius 1 is 1.09 bits per heavy atom. The molecule has 0 aliphatic carbocycles. The molecular weight excluding hydrogens is 426 g/mol. The van der Waals surface area contributed by atoms with Gasteiger partial charge in [0.15, 0.2) is 0 Å². The molecule has 0 aromatic heterocycles. The second-order valence-corrected chi connectivity index (χ2v) is 10.4. The van der Waals surface area contributed by atoms with Gasteiger partial charge in [-0.25, -0.2) is 13.1 Å². The maximum atomic E-state index is 12.7. The molecule has 32 heavy (non-hydrogen) atoms. The minimum atomic E-state index is -3.38. The molecular formula is C24H31N3O4S. The molecule has 1 heterocycles. The van der Waals surface area contributed by atoms with E-state index < -0.39 is 15.9 Å². The lowest BCUT2D eigenvalue weighted by atomic mass is 10.1. The highest BCUT2D eigenvalue weighted by atomic mass is 32.2. The summed E-state index contributed by atoms with van der Waals surface area (Å²) < 4.78 is 26.7. The fourth-order valence-electron chi connectivity index (χ4n) is 3.85. The van der Waals surface area contributed by atoms with Gasteiger partial charge in [-0.3, -0.25) is 9.59 Å². The predicted octanol–water partition coefficient (Wildman–Crippen LogP) is 2.80. The fraction of sp³-hybridized carbons (Fsp3) is 0.417. The number of carbonyl (C=O) groups excluding carboxylic acids is 2. The molecule has 0 saturated carbocycles. The van der Waals surface area contributed by atoms with Crippen LogP contribution in [0.25, 0.3) is 0 Å². The molecule has 1 aliphatic heterocycles. The summed E-state index contributed by atoms with van der Waals surface area (Å²) in [5, 5.41) is 2.90. The van der Waals surface area contributed by atoms with Crippen molar-refractivity contribution >= 4 is 27.5 Å². The summed E-state index contributed by atoms with van der Waals surface area (Å²) in [5.41, 5.74) is 4.57. The highest BCUT2D eigenvalue weighted by molar-refractivity contribution is 7.88. The minimum absolute atomic E-state index is 0.0422. The van der Waals surface area contributed by atoms with Crippen LogP contribution in [0.5, 0.6) is 0 Å². The SMILES string of the molecule is Cc1cccc(N2CC(C(=O)NCc3ccc(CS(=O)(=O)NC(C)C)cc3)CC2=O)c1C. The van der Waals surface area contributed by atoms with E-state index in [2.05, 4.69) is 10.0 Å². The maximum Gasteiger partial charge on any atom is 0.227 e. The Hall–Kier alpha value is -2.71. The van der Waals surface area contributed by atoms with Gasteiger partial charge in [-0.1, -0.05) is 36.4 Å². The van der Waals surface area contributed by atoms with E-state index in [0.29, 0.717) is 18.7 Å². The zero-order valence-corrected chi connectivity index (χ0v) is 19.8. The highest BCUT2D eigenvalue weighted by Crippen LogP contribution is 2.29. The summed E-state index contributed by atoms with van der Waals surface area (Å²) in [7, 11) is -3.38. The third kappa shape index (κ3) is 5.95. The van der Waals surface area contributed by atoms with E-state index in [0.717, 1.165) is 22.4 Å². The number of rotatable bonds is 8. The monoisotopic (exact) mass is 457 g/mol. The van der Waals surface area contributed by atoms with Crippen LogP contribution in [0.2, 0.25) is 0 Å². The largest absolute Gasteiger partial charge is 0.352 e. The van der Waals surface area contributed by atoms with Crippen LogP contribution < -0.4 is 14.9 Å². The van der Waals surface area contributed by atoms with Crippen LogP contribution in [0.15, 0.2) is 42.5 Å². The molecule has 2 N–H and O–H groups in total. The van der Waals surface area contributed by atoms with E-state index in [1.165, 1.54) is 0 Å². The quantitative estimate of drug-likeness (QED) is 0.637. The number of carbonyl (C=O) groups is 2. The van der Waals surface area contributed by atoms with Crippen molar-refractivity contribution in [2.75, 3.05) is 11.4 Å². The molecule has 2 aromatic rings. The number of anilines is 1. The van der Waals surface area contributed by atoms with E-state index in [4.69, 9.17) is 0 Å². The molecule has 1 unspecified atom stereocenters. The summed E-state index contributed by atoms with van der Waals surface area (Å²) in [6.45, 7) is 8.24. The maximum absolute atomic E-state index is 12.7. The number of aryl methyl sites for hydroxylation is 1. The van der Waals surface area contributed by atoms with Gasteiger partial charge in [0.25, 0.3) is 0 Å². The Balaban J connectivity index is 1.56. The molecule has 8 heteroatoms. The first-order chi connectivity index (χ1) is 15.1. The van der Waals surface area contributed by atoms with Gasteiger partial charge < -0.3 is 10.2 Å². The van der Waals surface area contributed by atoms with Gasteiger partial charge in [0.2, 0.25) is 21.8 Å². The van der Waals surface area contributed by atoms with Crippen LogP contribution in [0.1, 0.15) is 42.5 Å². The Morgan fingerprint density at radius 2 is 1.75 bits per heavy atom. The van der Waals surface area contributed by atoms with Crippen LogP contribution in [0.4, 0.5) is 5.69 Å². The molecule has 2 amide bonds. The summed E-state index contributed by atoms with van der Waals surface area (Å²) in [4.78, 5) is 26.9. The van der Waals surface area contributed by atoms with Crippen molar-refractivity contribution in [1.29, 1.82) is 0 Å². The van der Waals surface area contributed by atoms with Crippen LogP contribution >= 0.6 is 0 Å². The Morgan fingerprint density at radius 3 is 2.41 bits per heavy atom. The van der Waals surface area contributed by atoms with Crippen molar-refractivity contribution in [3.8, 4) is 0 Å². The van der Waals surface area contributed by atoms with Gasteiger partial charge in [0.1, 0.15) is 0 Å². The molecule has 7 nitrogen and oxygen atoms in total. The van der Waals surface area contributed by atoms with Gasteiger partial charge in [-0.2, -0.15) is 0 Å². The summed E-state index contributed by atoms with van der Waals surface area (Å²) >= 11 is 0. The lowest BCUT2D eigenvalue weighted by Crippen LogP contribution is -2.32. The summed E-state index contributed by atoms with van der Waals surface area (Å²) in [6, 6.07) is 12.8. The predicted molar refractivity (Wildman–Crippen MR) is 126 cm³/mol. The molecule has 1 atom stereocenters. The topological polar surface area (TPSA) is 95.6 Å².